The van der Waals surface area contributed by atoms with E-state index in [-0.39, 0.29) is 5.69 Å². The first kappa shape index (κ1) is 15.5. The van der Waals surface area contributed by atoms with Crippen molar-refractivity contribution in [1.82, 2.24) is 9.78 Å². The Hall–Kier alpha value is -1.86. The Labute approximate surface area is 130 Å². The largest absolute Gasteiger partial charge is 0.496 e. The quantitative estimate of drug-likeness (QED) is 0.893. The number of ether oxygens (including phenoxy) is 2. The number of carboxylic acids is 1. The predicted molar refractivity (Wildman–Crippen MR) is 80.6 cm³/mol. The maximum atomic E-state index is 11.1. The van der Waals surface area contributed by atoms with Crippen LogP contribution in [0.1, 0.15) is 16.1 Å². The molecule has 7 heteroatoms. The molecule has 0 bridgehead atoms. The van der Waals surface area contributed by atoms with Crippen LogP contribution in [0.25, 0.3) is 11.3 Å². The zero-order chi connectivity index (χ0) is 15.6. The van der Waals surface area contributed by atoms with Gasteiger partial charge in [0.25, 0.3) is 0 Å². The molecule has 0 aliphatic heterocycles. The van der Waals surface area contributed by atoms with Gasteiger partial charge in [-0.25, -0.2) is 4.79 Å². The molecule has 112 valence electrons. The molecule has 21 heavy (non-hydrogen) atoms. The van der Waals surface area contributed by atoms with E-state index in [9.17, 15) is 4.79 Å². The molecular weight excluding hydrogens is 340 g/mol. The van der Waals surface area contributed by atoms with Gasteiger partial charge < -0.3 is 14.6 Å². The average Bonchev–Trinajstić information content (AvgIpc) is 2.80. The predicted octanol–water partition coefficient (Wildman–Crippen LogP) is 2.70. The summed E-state index contributed by atoms with van der Waals surface area (Å²) in [7, 11) is 4.86. The summed E-state index contributed by atoms with van der Waals surface area (Å²) in [5, 5.41) is 13.1. The molecule has 0 radical (unpaired) electrons. The molecule has 2 aromatic rings. The lowest BCUT2D eigenvalue weighted by Crippen LogP contribution is -2.02. The van der Waals surface area contributed by atoms with Crippen LogP contribution in [0.3, 0.4) is 0 Å². The second kappa shape index (κ2) is 6.28. The van der Waals surface area contributed by atoms with Crippen molar-refractivity contribution in [2.75, 3.05) is 14.2 Å². The number of carboxylic acid groups (broad SMARTS) is 1. The van der Waals surface area contributed by atoms with Crippen molar-refractivity contribution < 1.29 is 19.4 Å². The Morgan fingerprint density at radius 2 is 2.10 bits per heavy atom. The van der Waals surface area contributed by atoms with Crippen LogP contribution in [0.15, 0.2) is 22.7 Å². The third-order valence-electron chi connectivity index (χ3n) is 3.02. The van der Waals surface area contributed by atoms with Crippen molar-refractivity contribution in [3.05, 3.63) is 33.9 Å². The van der Waals surface area contributed by atoms with E-state index in [2.05, 4.69) is 21.0 Å². The van der Waals surface area contributed by atoms with E-state index >= 15 is 0 Å². The van der Waals surface area contributed by atoms with E-state index in [0.717, 1.165) is 15.6 Å². The second-order valence-electron chi connectivity index (χ2n) is 4.42. The number of aryl methyl sites for hydroxylation is 1. The van der Waals surface area contributed by atoms with Crippen LogP contribution < -0.4 is 4.74 Å². The van der Waals surface area contributed by atoms with Crippen molar-refractivity contribution in [3.63, 3.8) is 0 Å². The summed E-state index contributed by atoms with van der Waals surface area (Å²) >= 11 is 3.43. The summed E-state index contributed by atoms with van der Waals surface area (Å²) in [6, 6.07) is 5.25. The van der Waals surface area contributed by atoms with Crippen molar-refractivity contribution in [3.8, 4) is 17.0 Å². The number of nitrogens with zero attached hydrogens (tertiary/aromatic N) is 2. The molecule has 0 spiro atoms. The highest BCUT2D eigenvalue weighted by Crippen LogP contribution is 2.36. The van der Waals surface area contributed by atoms with Crippen LogP contribution >= 0.6 is 15.9 Å². The van der Waals surface area contributed by atoms with Gasteiger partial charge in [0, 0.05) is 24.2 Å². The fraction of sp³-hybridized carbons (Fsp3) is 0.286. The molecule has 0 saturated carbocycles. The molecule has 1 aromatic heterocycles. The fourth-order valence-corrected chi connectivity index (χ4v) is 2.65. The molecular formula is C14H15BrN2O4. The zero-order valence-corrected chi connectivity index (χ0v) is 13.5. The number of carbonyl (C=O) groups is 1. The van der Waals surface area contributed by atoms with Crippen LogP contribution in [0.5, 0.6) is 5.75 Å². The standard InChI is InChI=1S/C14H15BrN2O4/c1-17-11(6-10(16-17)14(18)19)13-8(7-20-2)4-9(15)5-12(13)21-3/h4-6H,7H2,1-3H3,(H,18,19). The molecule has 0 unspecified atom stereocenters. The van der Waals surface area contributed by atoms with Gasteiger partial charge in [-0.1, -0.05) is 15.9 Å². The Kier molecular flexibility index (Phi) is 4.64. The van der Waals surface area contributed by atoms with Gasteiger partial charge in [0.1, 0.15) is 5.75 Å². The Balaban J connectivity index is 2.69. The third-order valence-corrected chi connectivity index (χ3v) is 3.48. The molecule has 1 heterocycles. The van der Waals surface area contributed by atoms with E-state index in [1.807, 2.05) is 12.1 Å². The van der Waals surface area contributed by atoms with E-state index < -0.39 is 5.97 Å². The number of benzene rings is 1. The van der Waals surface area contributed by atoms with Gasteiger partial charge in [0.2, 0.25) is 0 Å². The number of hydrogen-bond donors (Lipinski definition) is 1. The minimum atomic E-state index is -1.07. The number of hydrogen-bond acceptors (Lipinski definition) is 4. The van der Waals surface area contributed by atoms with Crippen LogP contribution in [-0.4, -0.2) is 35.1 Å². The normalized spacial score (nSPS) is 10.7. The topological polar surface area (TPSA) is 73.6 Å². The highest BCUT2D eigenvalue weighted by Gasteiger charge is 2.19. The SMILES string of the molecule is COCc1cc(Br)cc(OC)c1-c1cc(C(=O)O)nn1C. The lowest BCUT2D eigenvalue weighted by molar-refractivity contribution is 0.0689. The van der Waals surface area contributed by atoms with Gasteiger partial charge in [-0.3, -0.25) is 4.68 Å². The van der Waals surface area contributed by atoms with Crippen molar-refractivity contribution in [2.45, 2.75) is 6.61 Å². The molecule has 6 nitrogen and oxygen atoms in total. The molecule has 2 rings (SSSR count). The number of aromatic nitrogens is 2. The van der Waals surface area contributed by atoms with E-state index in [1.165, 1.54) is 10.7 Å². The van der Waals surface area contributed by atoms with E-state index in [4.69, 9.17) is 14.6 Å². The van der Waals surface area contributed by atoms with Crippen molar-refractivity contribution >= 4 is 21.9 Å². The molecule has 0 saturated heterocycles. The maximum absolute atomic E-state index is 11.1. The second-order valence-corrected chi connectivity index (χ2v) is 5.33. The van der Waals surface area contributed by atoms with Crippen molar-refractivity contribution in [2.24, 2.45) is 7.05 Å². The van der Waals surface area contributed by atoms with Crippen LogP contribution in [0.4, 0.5) is 0 Å². The van der Waals surface area contributed by atoms with Gasteiger partial charge in [-0.15, -0.1) is 0 Å². The Bertz CT molecular complexity index is 682. The molecule has 0 aliphatic rings. The van der Waals surface area contributed by atoms with E-state index in [1.54, 1.807) is 21.3 Å². The zero-order valence-electron chi connectivity index (χ0n) is 11.9. The van der Waals surface area contributed by atoms with Gasteiger partial charge >= 0.3 is 5.97 Å². The van der Waals surface area contributed by atoms with Crippen LogP contribution in [0.2, 0.25) is 0 Å². The lowest BCUT2D eigenvalue weighted by atomic mass is 10.0. The average molecular weight is 355 g/mol. The minimum Gasteiger partial charge on any atom is -0.496 e. The van der Waals surface area contributed by atoms with Gasteiger partial charge in [-0.05, 0) is 23.8 Å². The summed E-state index contributed by atoms with van der Waals surface area (Å²) < 4.78 is 13.0. The van der Waals surface area contributed by atoms with Crippen molar-refractivity contribution in [1.29, 1.82) is 0 Å². The minimum absolute atomic E-state index is 0.0131. The number of halogens is 1. The van der Waals surface area contributed by atoms with Crippen LogP contribution in [-0.2, 0) is 18.4 Å². The van der Waals surface area contributed by atoms with Gasteiger partial charge in [0.05, 0.1) is 19.4 Å². The first-order valence-corrected chi connectivity index (χ1v) is 6.90. The molecule has 0 atom stereocenters. The van der Waals surface area contributed by atoms with E-state index in [0.29, 0.717) is 18.1 Å². The summed E-state index contributed by atoms with van der Waals surface area (Å²) in [4.78, 5) is 11.1. The first-order chi connectivity index (χ1) is 9.97. The first-order valence-electron chi connectivity index (χ1n) is 6.11. The molecule has 1 N–H and O–H groups in total. The number of aromatic carboxylic acids is 1. The Morgan fingerprint density at radius 3 is 2.62 bits per heavy atom. The third kappa shape index (κ3) is 3.08. The monoisotopic (exact) mass is 354 g/mol. The summed E-state index contributed by atoms with van der Waals surface area (Å²) in [5.41, 5.74) is 2.29. The summed E-state index contributed by atoms with van der Waals surface area (Å²) in [6.07, 6.45) is 0. The molecule has 0 aliphatic carbocycles. The summed E-state index contributed by atoms with van der Waals surface area (Å²) in [6.45, 7) is 0.374. The molecule has 0 fully saturated rings. The maximum Gasteiger partial charge on any atom is 0.356 e. The Morgan fingerprint density at radius 1 is 1.38 bits per heavy atom. The van der Waals surface area contributed by atoms with Gasteiger partial charge in [-0.2, -0.15) is 5.10 Å². The smallest absolute Gasteiger partial charge is 0.356 e. The summed E-state index contributed by atoms with van der Waals surface area (Å²) in [5.74, 6) is -0.447. The molecule has 0 amide bonds. The number of methoxy groups -OCH3 is 2. The fourth-order valence-electron chi connectivity index (χ4n) is 2.16. The number of rotatable bonds is 5. The van der Waals surface area contributed by atoms with Crippen LogP contribution in [0, 0.1) is 0 Å². The lowest BCUT2D eigenvalue weighted by Gasteiger charge is -2.14. The van der Waals surface area contributed by atoms with Gasteiger partial charge in [0.15, 0.2) is 5.69 Å². The molecule has 1 aromatic carbocycles. The highest BCUT2D eigenvalue weighted by atomic mass is 79.9. The highest BCUT2D eigenvalue weighted by molar-refractivity contribution is 9.10.